The summed E-state index contributed by atoms with van der Waals surface area (Å²) in [6, 6.07) is 5.01. The maximum absolute atomic E-state index is 12.4. The van der Waals surface area contributed by atoms with Gasteiger partial charge < -0.3 is 0 Å². The molecule has 1 saturated carbocycles. The summed E-state index contributed by atoms with van der Waals surface area (Å²) in [6.45, 7) is 6.07. The molecular formula is C21H25HgN2O5. The van der Waals surface area contributed by atoms with Crippen LogP contribution >= 0.6 is 0 Å². The van der Waals surface area contributed by atoms with Gasteiger partial charge in [-0.15, -0.1) is 0 Å². The molecule has 2 fully saturated rings. The van der Waals surface area contributed by atoms with Crippen LogP contribution in [-0.4, -0.2) is 28.8 Å². The molecule has 7 nitrogen and oxygen atoms in total. The Labute approximate surface area is 186 Å². The zero-order valence-corrected chi connectivity index (χ0v) is 22.6. The van der Waals surface area contributed by atoms with E-state index in [-0.39, 0.29) is 38.4 Å². The molecule has 29 heavy (non-hydrogen) atoms. The van der Waals surface area contributed by atoms with E-state index in [2.05, 4.69) is 19.2 Å². The average molecular weight is 586 g/mol. The number of nitrogens with zero attached hydrogens (tertiary/aromatic N) is 1. The standard InChI is InChI=1S/C21H25N2O5.Hg/c1-12-4-5-16(14(12)3)11-18(24)22-17-8-6-15(7-9-17)21(27)28-23-19(25)10-13(2)20(23)26;/h6,8-9,12-14,16H,4-5,10-11H2,1-3H3,(H,22,24);. The Morgan fingerprint density at radius 2 is 1.93 bits per heavy atom. The molecule has 1 saturated heterocycles. The molecule has 4 unspecified atom stereocenters. The summed E-state index contributed by atoms with van der Waals surface area (Å²) in [5.74, 6) is -0.593. The number of carbonyl (C=O) groups is 4. The van der Waals surface area contributed by atoms with Crippen molar-refractivity contribution >= 4 is 32.5 Å². The van der Waals surface area contributed by atoms with Gasteiger partial charge in [0.25, 0.3) is 0 Å². The molecule has 1 aliphatic carbocycles. The number of nitrogens with one attached hydrogen (secondary N) is 1. The molecule has 151 valence electrons. The van der Waals surface area contributed by atoms with Gasteiger partial charge in [-0.25, -0.2) is 0 Å². The van der Waals surface area contributed by atoms with Crippen molar-refractivity contribution in [3.63, 3.8) is 0 Å². The van der Waals surface area contributed by atoms with E-state index in [4.69, 9.17) is 4.84 Å². The summed E-state index contributed by atoms with van der Waals surface area (Å²) in [4.78, 5) is 53.6. The van der Waals surface area contributed by atoms with Crippen molar-refractivity contribution in [2.75, 3.05) is 5.32 Å². The molecule has 0 radical (unpaired) electrons. The normalized spacial score (nSPS) is 26.7. The van der Waals surface area contributed by atoms with Crippen molar-refractivity contribution in [3.8, 4) is 0 Å². The van der Waals surface area contributed by atoms with Crippen LogP contribution in [-0.2, 0) is 45.3 Å². The predicted molar refractivity (Wildman–Crippen MR) is 101 cm³/mol. The van der Waals surface area contributed by atoms with Crippen LogP contribution in [0.25, 0.3) is 0 Å². The minimum absolute atomic E-state index is 0.0127. The zero-order valence-electron chi connectivity index (χ0n) is 17.1. The van der Waals surface area contributed by atoms with Crippen LogP contribution in [0.15, 0.2) is 18.2 Å². The van der Waals surface area contributed by atoms with Crippen molar-refractivity contribution in [2.45, 2.75) is 46.5 Å². The minimum atomic E-state index is -0.725. The monoisotopic (exact) mass is 587 g/mol. The molecule has 3 amide bonds. The first-order chi connectivity index (χ1) is 13.7. The van der Waals surface area contributed by atoms with Gasteiger partial charge >= 0.3 is 187 Å². The fourth-order valence-electron chi connectivity index (χ4n) is 4.06. The van der Waals surface area contributed by atoms with Gasteiger partial charge in [-0.1, -0.05) is 0 Å². The second kappa shape index (κ2) is 8.94. The molecular weight excluding hydrogens is 561 g/mol. The number of hydrogen-bond acceptors (Lipinski definition) is 5. The van der Waals surface area contributed by atoms with Crippen LogP contribution < -0.4 is 8.39 Å². The number of hydrogen-bond donors (Lipinski definition) is 1. The van der Waals surface area contributed by atoms with Gasteiger partial charge in [0.05, 0.1) is 0 Å². The van der Waals surface area contributed by atoms with Gasteiger partial charge in [0, 0.05) is 0 Å². The van der Waals surface area contributed by atoms with Gasteiger partial charge in [-0.2, -0.15) is 0 Å². The van der Waals surface area contributed by atoms with Gasteiger partial charge in [0.2, 0.25) is 0 Å². The molecule has 4 atom stereocenters. The molecule has 8 heteroatoms. The van der Waals surface area contributed by atoms with E-state index in [0.717, 1.165) is 9.49 Å². The Bertz CT molecular complexity index is 855. The fraction of sp³-hybridized carbons (Fsp3) is 0.524. The SMILES string of the molecule is CC1CC(=O)N(OC(=O)c2ccc(NC(=O)CC3CCC(C)C3C)c[c]2[Hg])C1=O. The van der Waals surface area contributed by atoms with E-state index in [0.29, 0.717) is 40.5 Å². The second-order valence-electron chi connectivity index (χ2n) is 8.31. The summed E-state index contributed by atoms with van der Waals surface area (Å²) in [5.41, 5.74) is 0.974. The zero-order chi connectivity index (χ0) is 21.3. The Morgan fingerprint density at radius 3 is 2.48 bits per heavy atom. The molecule has 1 aromatic rings. The first-order valence-corrected chi connectivity index (χ1v) is 12.8. The van der Waals surface area contributed by atoms with Gasteiger partial charge in [-0.05, 0) is 0 Å². The Balaban J connectivity index is 1.61. The summed E-state index contributed by atoms with van der Waals surface area (Å²) < 4.78 is 0.780. The van der Waals surface area contributed by atoms with Crippen LogP contribution in [0.1, 0.15) is 56.8 Å². The third-order valence-electron chi connectivity index (χ3n) is 6.19. The topological polar surface area (TPSA) is 92.8 Å². The van der Waals surface area contributed by atoms with Crippen molar-refractivity contribution in [1.29, 1.82) is 0 Å². The van der Waals surface area contributed by atoms with Crippen LogP contribution in [0.3, 0.4) is 0 Å². The predicted octanol–water partition coefficient (Wildman–Crippen LogP) is 2.34. The van der Waals surface area contributed by atoms with Gasteiger partial charge in [0.15, 0.2) is 0 Å². The Morgan fingerprint density at radius 1 is 1.21 bits per heavy atom. The number of carbonyl (C=O) groups excluding carboxylic acids is 4. The first-order valence-electron chi connectivity index (χ1n) is 10.0. The maximum atomic E-state index is 12.4. The number of rotatable bonds is 5. The van der Waals surface area contributed by atoms with E-state index in [1.165, 1.54) is 6.42 Å². The molecule has 1 N–H and O–H groups in total. The number of imide groups is 1. The number of amides is 3. The van der Waals surface area contributed by atoms with Gasteiger partial charge in [0.1, 0.15) is 0 Å². The molecule has 2 aliphatic rings. The Kier molecular flexibility index (Phi) is 6.76. The fourth-order valence-corrected chi connectivity index (χ4v) is 5.93. The number of hydroxylamine groups is 2. The third kappa shape index (κ3) is 4.87. The van der Waals surface area contributed by atoms with Crippen LogP contribution in [0.5, 0.6) is 0 Å². The molecule has 0 spiro atoms. The Hall–Kier alpha value is -1.76. The average Bonchev–Trinajstić information content (AvgIpc) is 3.08. The van der Waals surface area contributed by atoms with E-state index in [1.54, 1.807) is 25.1 Å². The first kappa shape index (κ1) is 21.9. The van der Waals surface area contributed by atoms with Crippen molar-refractivity contribution in [2.24, 2.45) is 23.7 Å². The van der Waals surface area contributed by atoms with E-state index >= 15 is 0 Å². The molecule has 3 rings (SSSR count). The van der Waals surface area contributed by atoms with E-state index in [1.807, 2.05) is 0 Å². The number of anilines is 1. The van der Waals surface area contributed by atoms with E-state index in [9.17, 15) is 19.2 Å². The number of benzene rings is 1. The summed E-state index contributed by atoms with van der Waals surface area (Å²) in [7, 11) is 0. The molecule has 0 bridgehead atoms. The van der Waals surface area contributed by atoms with Crippen LogP contribution in [0.2, 0.25) is 0 Å². The summed E-state index contributed by atoms with van der Waals surface area (Å²) >= 11 is 0.0702. The van der Waals surface area contributed by atoms with Crippen molar-refractivity contribution in [3.05, 3.63) is 23.8 Å². The van der Waals surface area contributed by atoms with E-state index < -0.39 is 23.7 Å². The van der Waals surface area contributed by atoms with Crippen molar-refractivity contribution in [1.82, 2.24) is 5.06 Å². The molecule has 1 aromatic carbocycles. The molecule has 1 aliphatic heterocycles. The quantitative estimate of drug-likeness (QED) is 0.423. The second-order valence-corrected chi connectivity index (χ2v) is 11.3. The van der Waals surface area contributed by atoms with Crippen molar-refractivity contribution < 1.29 is 50.1 Å². The van der Waals surface area contributed by atoms with Crippen LogP contribution in [0.4, 0.5) is 5.69 Å². The molecule has 1 heterocycles. The third-order valence-corrected chi connectivity index (χ3v) is 8.47. The summed E-state index contributed by atoms with van der Waals surface area (Å²) in [5, 5.41) is 3.49. The summed E-state index contributed by atoms with van der Waals surface area (Å²) in [6.07, 6.45) is 2.81. The van der Waals surface area contributed by atoms with Crippen LogP contribution in [0, 0.1) is 23.7 Å². The van der Waals surface area contributed by atoms with Gasteiger partial charge in [-0.3, -0.25) is 0 Å². The molecule has 0 aromatic heterocycles.